The normalized spacial score (nSPS) is 11.3. The summed E-state index contributed by atoms with van der Waals surface area (Å²) in [5.41, 5.74) is 20.0. The third-order valence-corrected chi connectivity index (χ3v) is 24.9. The number of carbonyl (C=O) groups is 2. The molecular weight excluding hydrogens is 1870 g/mol. The first-order valence-electron chi connectivity index (χ1n) is 46.0. The summed E-state index contributed by atoms with van der Waals surface area (Å²) in [6.45, 7) is 11.9. The average molecular weight is 1990 g/mol. The summed E-state index contributed by atoms with van der Waals surface area (Å²) in [7, 11) is 15.1. The van der Waals surface area contributed by atoms with Crippen LogP contribution in [0.1, 0.15) is 70.9 Å². The van der Waals surface area contributed by atoms with Gasteiger partial charge < -0.3 is 81.9 Å². The number of unbranched alkanes of at least 4 members (excludes halogenated alkanes) is 1. The number of nitrogens with one attached hydrogen (secondary N) is 2. The molecule has 0 saturated carbocycles. The van der Waals surface area contributed by atoms with Crippen molar-refractivity contribution < 1.29 is 79.4 Å². The van der Waals surface area contributed by atoms with E-state index in [-0.39, 0.29) is 38.1 Å². The number of imidazole rings is 1. The Bertz CT molecular complexity index is 7240. The molecule has 144 heavy (non-hydrogen) atoms. The molecule has 0 atom stereocenters. The number of hydrogen-bond donors (Lipinski definition) is 3. The zero-order valence-electron chi connectivity index (χ0n) is 82.7. The number of rotatable bonds is 39. The fourth-order valence-corrected chi connectivity index (χ4v) is 17.1. The Hall–Kier alpha value is -16.4. The fraction of sp³-hybridized carbons (Fsp3) is 0.291. The van der Waals surface area contributed by atoms with E-state index < -0.39 is 25.6 Å². The minimum atomic E-state index is -4.93. The lowest BCUT2D eigenvalue weighted by atomic mass is 10.1. The second-order valence-corrected chi connectivity index (χ2v) is 35.4. The summed E-state index contributed by atoms with van der Waals surface area (Å²) in [4.78, 5) is 75.8. The quantitative estimate of drug-likeness (QED) is 0.0238. The number of methoxy groups -OCH3 is 8. The van der Waals surface area contributed by atoms with Crippen LogP contribution in [0.2, 0.25) is 0 Å². The van der Waals surface area contributed by atoms with Crippen molar-refractivity contribution in [1.82, 2.24) is 94.3 Å². The Balaban J connectivity index is 0.000000152. The van der Waals surface area contributed by atoms with E-state index in [9.17, 15) is 27.3 Å². The summed E-state index contributed by atoms with van der Waals surface area (Å²) in [6.07, 6.45) is 20.4. The highest BCUT2D eigenvalue weighted by molar-refractivity contribution is 7.53. The number of amides is 1. The lowest BCUT2D eigenvalue weighted by molar-refractivity contribution is -0.173. The lowest BCUT2D eigenvalue weighted by Gasteiger charge is -2.28. The van der Waals surface area contributed by atoms with Crippen molar-refractivity contribution in [3.05, 3.63) is 238 Å². The predicted octanol–water partition coefficient (Wildman–Crippen LogP) is 19.6. The number of carboxylic acids is 1. The molecule has 750 valence electrons. The van der Waals surface area contributed by atoms with Gasteiger partial charge in [0.25, 0.3) is 0 Å². The molecule has 3 N–H and O–H groups in total. The Morgan fingerprint density at radius 2 is 0.736 bits per heavy atom. The van der Waals surface area contributed by atoms with Crippen molar-refractivity contribution in [2.45, 2.75) is 79.1 Å². The second kappa shape index (κ2) is 47.7. The van der Waals surface area contributed by atoms with Crippen LogP contribution in [0, 0.1) is 6.92 Å². The van der Waals surface area contributed by atoms with Crippen LogP contribution in [0.3, 0.4) is 0 Å². The highest BCUT2D eigenvalue weighted by atomic mass is 31.2. The van der Waals surface area contributed by atoms with Gasteiger partial charge in [0, 0.05) is 237 Å². The second-order valence-electron chi connectivity index (χ2n) is 33.2. The lowest BCUT2D eigenvalue weighted by Crippen LogP contribution is -2.38. The molecule has 0 radical (unpaired) electrons. The van der Waals surface area contributed by atoms with Crippen LogP contribution in [0.4, 0.5) is 58.7 Å². The maximum absolute atomic E-state index is 13.3. The SMILES string of the molecule is CCOP(=O)(CCN(c1cc(OC)cc(OC)c1)c1ccc2ncc(-c3cnn(C)c3)nc2c1)OCC.COc1cc(OC)cc(N(CCCCC(=O)O)c2ccc3ncc(-c4cnn(C)c4)nc3c2)c1.COc1cc(OC)cc(N(CCCNC(=O)C(F)(F)F)c2ccc3ncc(-c4cnn(C(C)C)c4)nc3c2)c1.COc1cc(OC)cc(N(Cc2ncc(C)[nH]2)c2ccc3ncc(-c4cnn(C)c4)nc3c2)c1. The van der Waals surface area contributed by atoms with Gasteiger partial charge in [0.1, 0.15) is 51.8 Å². The van der Waals surface area contributed by atoms with Gasteiger partial charge in [-0.25, -0.2) is 24.9 Å². The van der Waals surface area contributed by atoms with Crippen LogP contribution in [-0.2, 0) is 50.9 Å². The number of nitrogens with zero attached hydrogens (tertiary/aromatic N) is 21. The number of aryl methyl sites for hydroxylation is 4. The van der Waals surface area contributed by atoms with Crippen LogP contribution >= 0.6 is 7.60 Å². The first-order valence-corrected chi connectivity index (χ1v) is 47.7. The van der Waals surface area contributed by atoms with Gasteiger partial charge in [-0.15, -0.1) is 0 Å². The summed E-state index contributed by atoms with van der Waals surface area (Å²) >= 11 is 0. The summed E-state index contributed by atoms with van der Waals surface area (Å²) in [6, 6.07) is 45.9. The number of carbonyl (C=O) groups excluding carboxylic acids is 1. The Morgan fingerprint density at radius 1 is 0.410 bits per heavy atom. The number of anilines is 8. The molecule has 1 amide bonds. The van der Waals surface area contributed by atoms with Crippen molar-refractivity contribution in [3.8, 4) is 91.0 Å². The zero-order valence-corrected chi connectivity index (χ0v) is 83.5. The molecule has 0 unspecified atom stereocenters. The molecule has 0 aliphatic rings. The molecule has 17 aromatic rings. The number of ether oxygens (including phenoxy) is 8. The summed E-state index contributed by atoms with van der Waals surface area (Å²) < 4.78 is 113. The number of aliphatic carboxylic acids is 1. The van der Waals surface area contributed by atoms with Crippen molar-refractivity contribution >= 4 is 109 Å². The van der Waals surface area contributed by atoms with Crippen molar-refractivity contribution in [3.63, 3.8) is 0 Å². The molecule has 0 bridgehead atoms. The Morgan fingerprint density at radius 3 is 1.03 bits per heavy atom. The third kappa shape index (κ3) is 26.7. The van der Waals surface area contributed by atoms with Crippen molar-refractivity contribution in [2.75, 3.05) is 122 Å². The number of carboxylic acid groups (broad SMARTS) is 1. The van der Waals surface area contributed by atoms with E-state index in [1.807, 2.05) is 214 Å². The van der Waals surface area contributed by atoms with Crippen LogP contribution in [0.15, 0.2) is 226 Å². The van der Waals surface area contributed by atoms with Crippen LogP contribution < -0.4 is 62.8 Å². The Kier molecular flexibility index (Phi) is 34.3. The molecule has 0 spiro atoms. The molecule has 9 heterocycles. The molecule has 9 aromatic heterocycles. The predicted molar refractivity (Wildman–Crippen MR) is 546 cm³/mol. The minimum absolute atomic E-state index is 0.132. The number of halogens is 3. The highest BCUT2D eigenvalue weighted by Gasteiger charge is 2.38. The van der Waals surface area contributed by atoms with Gasteiger partial charge >= 0.3 is 25.6 Å². The molecule has 0 aliphatic heterocycles. The number of benzene rings is 8. The van der Waals surface area contributed by atoms with Crippen LogP contribution in [0.5, 0.6) is 46.0 Å². The van der Waals surface area contributed by atoms with Gasteiger partial charge in [-0.1, -0.05) is 0 Å². The Labute approximate surface area is 829 Å². The van der Waals surface area contributed by atoms with E-state index in [0.717, 1.165) is 124 Å². The van der Waals surface area contributed by atoms with E-state index in [4.69, 9.17) is 72.0 Å². The molecule has 8 aromatic carbocycles. The number of H-pyrrole nitrogens is 1. The molecule has 0 aliphatic carbocycles. The van der Waals surface area contributed by atoms with Gasteiger partial charge in [0.05, 0.1) is 199 Å². The van der Waals surface area contributed by atoms with Crippen LogP contribution in [-0.4, -0.2) is 215 Å². The van der Waals surface area contributed by atoms with Gasteiger partial charge in [0.2, 0.25) is 0 Å². The van der Waals surface area contributed by atoms with Gasteiger partial charge in [0.15, 0.2) is 0 Å². The topological polar surface area (TPSA) is 392 Å². The fourth-order valence-electron chi connectivity index (χ4n) is 15.6. The van der Waals surface area contributed by atoms with E-state index in [2.05, 4.69) is 60.1 Å². The molecule has 0 saturated heterocycles. The van der Waals surface area contributed by atoms with Crippen LogP contribution in [0.25, 0.3) is 89.2 Å². The summed E-state index contributed by atoms with van der Waals surface area (Å²) in [5.74, 6) is 3.19. The smallest absolute Gasteiger partial charge is 0.471 e. The molecule has 37 nitrogen and oxygen atoms in total. The maximum atomic E-state index is 13.3. The molecule has 41 heteroatoms. The van der Waals surface area contributed by atoms with Gasteiger partial charge in [-0.05, 0) is 127 Å². The molecule has 17 rings (SSSR count). The number of aromatic amines is 1. The summed E-state index contributed by atoms with van der Waals surface area (Å²) in [5, 5.41) is 28.0. The van der Waals surface area contributed by atoms with E-state index in [0.29, 0.717) is 114 Å². The zero-order chi connectivity index (χ0) is 102. The molecule has 0 fully saturated rings. The van der Waals surface area contributed by atoms with E-state index in [1.54, 1.807) is 144 Å². The number of hydrogen-bond acceptors (Lipinski definition) is 30. The van der Waals surface area contributed by atoms with Gasteiger partial charge in [-0.2, -0.15) is 33.6 Å². The number of aromatic nitrogens is 18. The number of fused-ring (bicyclic) bond motifs is 4. The largest absolute Gasteiger partial charge is 0.497 e. The first kappa shape index (κ1) is 104. The number of alkyl halides is 3. The monoisotopic (exact) mass is 1980 g/mol. The maximum Gasteiger partial charge on any atom is 0.471 e. The minimum Gasteiger partial charge on any atom is -0.497 e. The van der Waals surface area contributed by atoms with Crippen molar-refractivity contribution in [2.24, 2.45) is 21.1 Å². The van der Waals surface area contributed by atoms with E-state index >= 15 is 0 Å². The van der Waals surface area contributed by atoms with E-state index in [1.165, 1.54) is 14.2 Å². The van der Waals surface area contributed by atoms with Gasteiger partial charge in [-0.3, -0.25) is 52.8 Å². The average Bonchev–Trinajstić information content (AvgIpc) is 1.18. The standard InChI is InChI=1S/C27H29F3N6O3.C26H32N5O5P.C25H25N7O2.C25H27N5O4/c1-17(2)36-16-18(14-33-36)25-15-32-23-7-6-19(12-24(23)34-25)35(9-5-8-31-26(37)27(28,29)30)20-10-21(38-3)13-22(11-20)39-4;1-6-35-37(32,36-7-2)11-10-31(21-12-22(33-4)15-23(13-21)34-5)20-8-9-24-25(14-20)29-26(17-27-24)19-16-28-30(3)18-19;1-16-11-27-25(29-16)15-32(19-7-20(33-3)10-21(8-19)34-4)18-5-6-22-23(9-18)30-24(13-26-22)17-12-28-31(2)14-17;1-29-16-17(14-27-29)24-15-26-22-8-7-18(12-23(22)28-24)30(9-5-4-6-25(31)32)19-10-20(33-2)13-21(11-19)34-3/h6-7,10-17H,5,8-9H2,1-4H3,(H,31,37);8-9,12-18H,6-7,10-11H2,1-5H3;5-14H,15H2,1-4H3,(H,27,29);7-8,10-16H,4-6,9H2,1-3H3,(H,31,32). The van der Waals surface area contributed by atoms with Crippen molar-refractivity contribution in [1.29, 1.82) is 0 Å². The highest BCUT2D eigenvalue weighted by Crippen LogP contribution is 2.49. The molecular formula is C103H113F3N23O14P. The first-order chi connectivity index (χ1) is 69.4. The third-order valence-electron chi connectivity index (χ3n) is 22.8.